The number of carbonyl (C=O) groups excluding carboxylic acids is 1. The first-order valence-electron chi connectivity index (χ1n) is 7.95. The van der Waals surface area contributed by atoms with E-state index >= 15 is 0 Å². The molecule has 3 aromatic rings. The maximum Gasteiger partial charge on any atom is 0.257 e. The van der Waals surface area contributed by atoms with Crippen molar-refractivity contribution < 1.29 is 13.2 Å². The van der Waals surface area contributed by atoms with Gasteiger partial charge in [-0.15, -0.1) is 0 Å². The third kappa shape index (κ3) is 3.35. The predicted octanol–water partition coefficient (Wildman–Crippen LogP) is 3.38. The van der Waals surface area contributed by atoms with E-state index in [2.05, 4.69) is 15.0 Å². The van der Waals surface area contributed by atoms with Crippen LogP contribution in [0.5, 0.6) is 0 Å². The summed E-state index contributed by atoms with van der Waals surface area (Å²) in [5, 5.41) is 3.25. The number of benzene rings is 2. The molecule has 1 aromatic heterocycles. The van der Waals surface area contributed by atoms with Gasteiger partial charge in [-0.3, -0.25) is 10.1 Å². The second kappa shape index (κ2) is 6.79. The van der Waals surface area contributed by atoms with Crippen LogP contribution in [0.1, 0.15) is 27.0 Å². The Bertz CT molecular complexity index is 1120. The van der Waals surface area contributed by atoms with E-state index in [0.717, 1.165) is 21.3 Å². The Kier molecular flexibility index (Phi) is 4.83. The highest BCUT2D eigenvalue weighted by Crippen LogP contribution is 2.28. The van der Waals surface area contributed by atoms with Gasteiger partial charge in [0, 0.05) is 5.56 Å². The minimum Gasteiger partial charge on any atom is -0.298 e. The fraction of sp³-hybridized carbons (Fsp3) is 0.222. The number of aromatic nitrogens is 1. The number of carbonyl (C=O) groups is 1. The Morgan fingerprint density at radius 1 is 1.12 bits per heavy atom. The topological polar surface area (TPSA) is 88.2 Å². The molecule has 6 nitrogen and oxygen atoms in total. The van der Waals surface area contributed by atoms with Crippen molar-refractivity contribution in [3.05, 3.63) is 52.6 Å². The Morgan fingerprint density at radius 2 is 1.85 bits per heavy atom. The highest BCUT2D eigenvalue weighted by molar-refractivity contribution is 7.89. The lowest BCUT2D eigenvalue weighted by atomic mass is 10.1. The number of fused-ring (bicyclic) bond motifs is 1. The van der Waals surface area contributed by atoms with Gasteiger partial charge in [0.1, 0.15) is 0 Å². The Morgan fingerprint density at radius 3 is 2.50 bits per heavy atom. The third-order valence-corrected chi connectivity index (χ3v) is 6.76. The molecule has 0 saturated heterocycles. The van der Waals surface area contributed by atoms with Gasteiger partial charge in [0.2, 0.25) is 10.0 Å². The molecule has 8 heteroatoms. The lowest BCUT2D eigenvalue weighted by Gasteiger charge is -2.12. The largest absolute Gasteiger partial charge is 0.298 e. The number of aryl methyl sites for hydroxylation is 2. The molecule has 1 amide bonds. The van der Waals surface area contributed by atoms with Crippen LogP contribution >= 0.6 is 11.3 Å². The average Bonchev–Trinajstić information content (AvgIpc) is 3.00. The maximum atomic E-state index is 12.6. The van der Waals surface area contributed by atoms with E-state index in [1.165, 1.54) is 24.5 Å². The summed E-state index contributed by atoms with van der Waals surface area (Å²) in [7, 11) is -2.30. The third-order valence-electron chi connectivity index (χ3n) is 4.28. The Labute approximate surface area is 156 Å². The van der Waals surface area contributed by atoms with Gasteiger partial charge in [-0.1, -0.05) is 23.5 Å². The van der Waals surface area contributed by atoms with Gasteiger partial charge < -0.3 is 0 Å². The molecule has 0 aliphatic heterocycles. The summed E-state index contributed by atoms with van der Waals surface area (Å²) < 4.78 is 27.7. The monoisotopic (exact) mass is 389 g/mol. The first-order valence-corrected chi connectivity index (χ1v) is 10.2. The minimum atomic E-state index is -3.65. The molecule has 0 bridgehead atoms. The SMILES string of the molecule is CNS(=O)(=O)c1cc(C(=O)Nc2nc3c(C)cccc3s2)cc(C)c1C. The van der Waals surface area contributed by atoms with Gasteiger partial charge in [0.25, 0.3) is 5.91 Å². The molecule has 0 spiro atoms. The summed E-state index contributed by atoms with van der Waals surface area (Å²) in [6.07, 6.45) is 0. The zero-order valence-electron chi connectivity index (χ0n) is 14.9. The number of thiazole rings is 1. The van der Waals surface area contributed by atoms with Gasteiger partial charge in [0.15, 0.2) is 5.13 Å². The highest BCUT2D eigenvalue weighted by atomic mass is 32.2. The van der Waals surface area contributed by atoms with Crippen LogP contribution in [0.25, 0.3) is 10.2 Å². The van der Waals surface area contributed by atoms with Gasteiger partial charge in [-0.25, -0.2) is 18.1 Å². The van der Waals surface area contributed by atoms with Gasteiger partial charge >= 0.3 is 0 Å². The van der Waals surface area contributed by atoms with Crippen LogP contribution in [-0.2, 0) is 10.0 Å². The number of amides is 1. The lowest BCUT2D eigenvalue weighted by molar-refractivity contribution is 0.102. The van der Waals surface area contributed by atoms with E-state index in [9.17, 15) is 13.2 Å². The quantitative estimate of drug-likeness (QED) is 0.716. The van der Waals surface area contributed by atoms with Gasteiger partial charge in [0.05, 0.1) is 15.1 Å². The molecule has 0 fully saturated rings. The number of anilines is 1. The molecular weight excluding hydrogens is 370 g/mol. The van der Waals surface area contributed by atoms with Crippen LogP contribution in [0.3, 0.4) is 0 Å². The molecular formula is C18H19N3O3S2. The first-order chi connectivity index (χ1) is 12.2. The molecule has 1 heterocycles. The van der Waals surface area contributed by atoms with Crippen molar-refractivity contribution in [2.75, 3.05) is 12.4 Å². The standard InChI is InChI=1S/C18H19N3O3S2/c1-10-6-5-7-14-16(10)20-18(25-14)21-17(22)13-8-11(2)12(3)15(9-13)26(23,24)19-4/h5-9,19H,1-4H3,(H,20,21,22). The molecule has 0 unspecified atom stereocenters. The zero-order chi connectivity index (χ0) is 19.1. The highest BCUT2D eigenvalue weighted by Gasteiger charge is 2.20. The molecule has 136 valence electrons. The Hall–Kier alpha value is -2.29. The smallest absolute Gasteiger partial charge is 0.257 e. The van der Waals surface area contributed by atoms with Crippen LogP contribution in [-0.4, -0.2) is 26.4 Å². The second-order valence-electron chi connectivity index (χ2n) is 6.02. The van der Waals surface area contributed by atoms with E-state index in [1.807, 2.05) is 25.1 Å². The molecule has 26 heavy (non-hydrogen) atoms. The van der Waals surface area contributed by atoms with Crippen molar-refractivity contribution in [2.45, 2.75) is 25.7 Å². The van der Waals surface area contributed by atoms with Crippen LogP contribution in [0, 0.1) is 20.8 Å². The van der Waals surface area contributed by atoms with Crippen LogP contribution < -0.4 is 10.0 Å². The van der Waals surface area contributed by atoms with Crippen molar-refractivity contribution >= 4 is 42.6 Å². The number of para-hydroxylation sites is 1. The molecule has 0 saturated carbocycles. The number of rotatable bonds is 4. The van der Waals surface area contributed by atoms with Crippen molar-refractivity contribution in [2.24, 2.45) is 0 Å². The van der Waals surface area contributed by atoms with E-state index in [-0.39, 0.29) is 10.5 Å². The van der Waals surface area contributed by atoms with Crippen molar-refractivity contribution in [1.82, 2.24) is 9.71 Å². The molecule has 0 atom stereocenters. The van der Waals surface area contributed by atoms with Crippen molar-refractivity contribution in [3.8, 4) is 0 Å². The van der Waals surface area contributed by atoms with E-state index in [4.69, 9.17) is 0 Å². The molecule has 0 aliphatic carbocycles. The predicted molar refractivity (Wildman–Crippen MR) is 104 cm³/mol. The fourth-order valence-electron chi connectivity index (χ4n) is 2.66. The van der Waals surface area contributed by atoms with Crippen molar-refractivity contribution in [1.29, 1.82) is 0 Å². The number of hydrogen-bond acceptors (Lipinski definition) is 5. The molecule has 2 aromatic carbocycles. The summed E-state index contributed by atoms with van der Waals surface area (Å²) in [4.78, 5) is 17.2. The summed E-state index contributed by atoms with van der Waals surface area (Å²) in [6.45, 7) is 5.46. The fourth-order valence-corrected chi connectivity index (χ4v) is 4.66. The van der Waals surface area contributed by atoms with Gasteiger partial charge in [-0.2, -0.15) is 0 Å². The van der Waals surface area contributed by atoms with Crippen LogP contribution in [0.2, 0.25) is 0 Å². The number of nitrogens with one attached hydrogen (secondary N) is 2. The number of hydrogen-bond donors (Lipinski definition) is 2. The van der Waals surface area contributed by atoms with Crippen LogP contribution in [0.4, 0.5) is 5.13 Å². The second-order valence-corrected chi connectivity index (χ2v) is 8.90. The minimum absolute atomic E-state index is 0.102. The van der Waals surface area contributed by atoms with Crippen molar-refractivity contribution in [3.63, 3.8) is 0 Å². The van der Waals surface area contributed by atoms with E-state index < -0.39 is 15.9 Å². The Balaban J connectivity index is 1.98. The normalized spacial score (nSPS) is 11.7. The molecule has 3 rings (SSSR count). The summed E-state index contributed by atoms with van der Waals surface area (Å²) in [5.74, 6) is -0.391. The zero-order valence-corrected chi connectivity index (χ0v) is 16.5. The number of nitrogens with zero attached hydrogens (tertiary/aromatic N) is 1. The summed E-state index contributed by atoms with van der Waals surface area (Å²) in [6, 6.07) is 8.93. The average molecular weight is 390 g/mol. The summed E-state index contributed by atoms with van der Waals surface area (Å²) in [5.41, 5.74) is 3.51. The van der Waals surface area contributed by atoms with Crippen LogP contribution in [0.15, 0.2) is 35.2 Å². The molecule has 0 aliphatic rings. The van der Waals surface area contributed by atoms with Gasteiger partial charge in [-0.05, 0) is 62.7 Å². The van der Waals surface area contributed by atoms with E-state index in [0.29, 0.717) is 10.7 Å². The molecule has 2 N–H and O–H groups in total. The number of sulfonamides is 1. The lowest BCUT2D eigenvalue weighted by Crippen LogP contribution is -2.21. The maximum absolute atomic E-state index is 12.6. The summed E-state index contributed by atoms with van der Waals surface area (Å²) >= 11 is 1.38. The molecule has 0 radical (unpaired) electrons. The van der Waals surface area contributed by atoms with E-state index in [1.54, 1.807) is 19.9 Å². The first kappa shape index (κ1) is 18.5.